The molecule has 0 aromatic heterocycles. The molecule has 0 fully saturated rings. The summed E-state index contributed by atoms with van der Waals surface area (Å²) in [5.74, 6) is 12.0. The van der Waals surface area contributed by atoms with E-state index in [0.29, 0.717) is 5.57 Å². The molecule has 1 aliphatic rings. The van der Waals surface area contributed by atoms with Crippen molar-refractivity contribution < 1.29 is 14.3 Å². The zero-order chi connectivity index (χ0) is 16.3. The number of carbonyl (C=O) groups is 1. The SMILES string of the molecule is COCC(=O)O[C@H](/C1=C/C#CCCCCC#C1)c1ccccc1. The van der Waals surface area contributed by atoms with Gasteiger partial charge in [0, 0.05) is 26.0 Å². The summed E-state index contributed by atoms with van der Waals surface area (Å²) in [5.41, 5.74) is 1.58. The zero-order valence-corrected chi connectivity index (χ0v) is 13.3. The Kier molecular flexibility index (Phi) is 6.98. The van der Waals surface area contributed by atoms with Crippen LogP contribution in [0.1, 0.15) is 37.4 Å². The second-order valence-electron chi connectivity index (χ2n) is 5.14. The van der Waals surface area contributed by atoms with Crippen LogP contribution in [0.3, 0.4) is 0 Å². The van der Waals surface area contributed by atoms with Gasteiger partial charge < -0.3 is 9.47 Å². The molecule has 1 atom stereocenters. The number of esters is 1. The smallest absolute Gasteiger partial charge is 0.333 e. The number of ether oxygens (including phenoxy) is 2. The molecule has 118 valence electrons. The monoisotopic (exact) mass is 308 g/mol. The van der Waals surface area contributed by atoms with E-state index in [2.05, 4.69) is 23.7 Å². The third kappa shape index (κ3) is 5.66. The van der Waals surface area contributed by atoms with Crippen molar-refractivity contribution in [1.82, 2.24) is 0 Å². The van der Waals surface area contributed by atoms with Crippen LogP contribution < -0.4 is 0 Å². The quantitative estimate of drug-likeness (QED) is 0.617. The first-order valence-corrected chi connectivity index (χ1v) is 7.72. The molecule has 1 aromatic carbocycles. The second-order valence-corrected chi connectivity index (χ2v) is 5.14. The highest BCUT2D eigenvalue weighted by Gasteiger charge is 2.20. The maximum Gasteiger partial charge on any atom is 0.333 e. The fraction of sp³-hybridized carbons (Fsp3) is 0.350. The van der Waals surface area contributed by atoms with E-state index < -0.39 is 12.1 Å². The fourth-order valence-corrected chi connectivity index (χ4v) is 2.19. The zero-order valence-electron chi connectivity index (χ0n) is 13.3. The van der Waals surface area contributed by atoms with Crippen molar-refractivity contribution in [2.24, 2.45) is 0 Å². The summed E-state index contributed by atoms with van der Waals surface area (Å²) in [7, 11) is 1.47. The number of hydrogen-bond acceptors (Lipinski definition) is 3. The molecule has 0 heterocycles. The van der Waals surface area contributed by atoms with Crippen LogP contribution in [0, 0.1) is 23.7 Å². The first-order chi connectivity index (χ1) is 11.3. The number of rotatable bonds is 5. The van der Waals surface area contributed by atoms with Gasteiger partial charge in [-0.25, -0.2) is 4.79 Å². The van der Waals surface area contributed by atoms with Crippen molar-refractivity contribution in [2.75, 3.05) is 13.7 Å². The summed E-state index contributed by atoms with van der Waals surface area (Å²) in [5, 5.41) is 0. The van der Waals surface area contributed by atoms with Crippen LogP contribution in [0.15, 0.2) is 42.0 Å². The summed E-state index contributed by atoms with van der Waals surface area (Å²) < 4.78 is 10.4. The Bertz CT molecular complexity index is 666. The van der Waals surface area contributed by atoms with E-state index in [1.807, 2.05) is 30.3 Å². The van der Waals surface area contributed by atoms with Crippen molar-refractivity contribution in [3.8, 4) is 23.7 Å². The molecule has 0 N–H and O–H groups in total. The predicted octanol–water partition coefficient (Wildman–Crippen LogP) is 3.42. The van der Waals surface area contributed by atoms with Gasteiger partial charge in [0.05, 0.1) is 5.57 Å². The van der Waals surface area contributed by atoms with Crippen LogP contribution in [0.25, 0.3) is 0 Å². The van der Waals surface area contributed by atoms with E-state index in [9.17, 15) is 4.79 Å². The summed E-state index contributed by atoms with van der Waals surface area (Å²) >= 11 is 0. The largest absolute Gasteiger partial charge is 0.450 e. The van der Waals surface area contributed by atoms with Gasteiger partial charge in [-0.15, -0.1) is 0 Å². The maximum atomic E-state index is 11.9. The first-order valence-electron chi connectivity index (χ1n) is 7.72. The standard InChI is InChI=1S/C20H20O3/c1-22-16-19(21)23-20(18-14-10-7-11-15-18)17-12-8-5-3-2-4-6-9-13-17/h7,10-11,13-15,20H,2-5,16H2,1H3/b17-13+/t20-/m1/s1. The van der Waals surface area contributed by atoms with Crippen LogP contribution in [-0.2, 0) is 14.3 Å². The molecule has 0 spiro atoms. The lowest BCUT2D eigenvalue weighted by Crippen LogP contribution is -2.17. The molecule has 0 saturated carbocycles. The van der Waals surface area contributed by atoms with E-state index in [1.165, 1.54) is 7.11 Å². The topological polar surface area (TPSA) is 35.5 Å². The normalized spacial score (nSPS) is 17.3. The number of hydrogen-bond donors (Lipinski definition) is 0. The van der Waals surface area contributed by atoms with Gasteiger partial charge >= 0.3 is 5.97 Å². The number of allylic oxidation sites excluding steroid dienone is 1. The lowest BCUT2D eigenvalue weighted by Gasteiger charge is -2.18. The number of carbonyl (C=O) groups excluding carboxylic acids is 1. The van der Waals surface area contributed by atoms with Crippen LogP contribution in [-0.4, -0.2) is 19.7 Å². The van der Waals surface area contributed by atoms with Gasteiger partial charge in [0.2, 0.25) is 0 Å². The highest BCUT2D eigenvalue weighted by Crippen LogP contribution is 2.26. The van der Waals surface area contributed by atoms with Gasteiger partial charge in [-0.1, -0.05) is 54.0 Å². The summed E-state index contributed by atoms with van der Waals surface area (Å²) in [6, 6.07) is 9.57. The Morgan fingerprint density at radius 1 is 1.17 bits per heavy atom. The highest BCUT2D eigenvalue weighted by molar-refractivity contribution is 5.71. The average Bonchev–Trinajstić information content (AvgIpc) is 2.59. The molecule has 2 rings (SSSR count). The van der Waals surface area contributed by atoms with E-state index >= 15 is 0 Å². The minimum absolute atomic E-state index is 0.0876. The van der Waals surface area contributed by atoms with E-state index in [0.717, 1.165) is 31.2 Å². The van der Waals surface area contributed by atoms with Crippen molar-refractivity contribution in [3.05, 3.63) is 47.5 Å². The van der Waals surface area contributed by atoms with Gasteiger partial charge in [0.25, 0.3) is 0 Å². The molecule has 0 amide bonds. The number of benzene rings is 1. The molecule has 0 aliphatic heterocycles. The van der Waals surface area contributed by atoms with Crippen LogP contribution in [0.5, 0.6) is 0 Å². The van der Waals surface area contributed by atoms with Crippen molar-refractivity contribution in [1.29, 1.82) is 0 Å². The molecule has 0 radical (unpaired) electrons. The molecule has 1 aliphatic carbocycles. The molecule has 0 bridgehead atoms. The molecule has 1 aromatic rings. The molecular weight excluding hydrogens is 288 g/mol. The Hall–Kier alpha value is -2.49. The third-order valence-electron chi connectivity index (χ3n) is 3.31. The van der Waals surface area contributed by atoms with Gasteiger partial charge in [0.1, 0.15) is 6.61 Å². The van der Waals surface area contributed by atoms with Gasteiger partial charge in [-0.2, -0.15) is 0 Å². The second kappa shape index (κ2) is 9.51. The third-order valence-corrected chi connectivity index (χ3v) is 3.31. The van der Waals surface area contributed by atoms with Gasteiger partial charge in [-0.05, 0) is 18.4 Å². The van der Waals surface area contributed by atoms with Crippen molar-refractivity contribution in [2.45, 2.75) is 31.8 Å². The van der Waals surface area contributed by atoms with Crippen molar-refractivity contribution >= 4 is 5.97 Å². The Morgan fingerprint density at radius 3 is 2.65 bits per heavy atom. The lowest BCUT2D eigenvalue weighted by molar-refractivity contribution is -0.151. The average molecular weight is 308 g/mol. The maximum absolute atomic E-state index is 11.9. The molecule has 0 unspecified atom stereocenters. The van der Waals surface area contributed by atoms with Crippen LogP contribution in [0.4, 0.5) is 0 Å². The summed E-state index contributed by atoms with van der Waals surface area (Å²) in [6.45, 7) is -0.0876. The summed E-state index contributed by atoms with van der Waals surface area (Å²) in [6.07, 6.45) is 5.00. The molecule has 3 heteroatoms. The van der Waals surface area contributed by atoms with Crippen LogP contribution in [0.2, 0.25) is 0 Å². The van der Waals surface area contributed by atoms with Gasteiger partial charge in [-0.3, -0.25) is 0 Å². The Morgan fingerprint density at radius 2 is 1.91 bits per heavy atom. The lowest BCUT2D eigenvalue weighted by atomic mass is 10.0. The van der Waals surface area contributed by atoms with Gasteiger partial charge in [0.15, 0.2) is 6.10 Å². The van der Waals surface area contributed by atoms with E-state index in [-0.39, 0.29) is 6.61 Å². The fourth-order valence-electron chi connectivity index (χ4n) is 2.19. The highest BCUT2D eigenvalue weighted by atomic mass is 16.6. The van der Waals surface area contributed by atoms with Crippen molar-refractivity contribution in [3.63, 3.8) is 0 Å². The van der Waals surface area contributed by atoms with E-state index in [4.69, 9.17) is 9.47 Å². The Labute approximate surface area is 137 Å². The Balaban J connectivity index is 2.33. The molecule has 3 nitrogen and oxygen atoms in total. The van der Waals surface area contributed by atoms with Crippen LogP contribution >= 0.6 is 0 Å². The molecular formula is C20H20O3. The first kappa shape index (κ1) is 16.9. The number of methoxy groups -OCH3 is 1. The molecule has 0 saturated heterocycles. The minimum atomic E-state index is -0.555. The predicted molar refractivity (Wildman–Crippen MR) is 89.3 cm³/mol. The molecule has 23 heavy (non-hydrogen) atoms. The van der Waals surface area contributed by atoms with E-state index in [1.54, 1.807) is 6.08 Å². The minimum Gasteiger partial charge on any atom is -0.450 e. The summed E-state index contributed by atoms with van der Waals surface area (Å²) in [4.78, 5) is 11.9.